The summed E-state index contributed by atoms with van der Waals surface area (Å²) in [4.78, 5) is 1.90. The van der Waals surface area contributed by atoms with Gasteiger partial charge in [0.15, 0.2) is 5.11 Å². The molecule has 1 rings (SSSR count). The Balaban J connectivity index is 2.43. The predicted molar refractivity (Wildman–Crippen MR) is 80.1 cm³/mol. The molecule has 0 heterocycles. The number of anilines is 1. The normalized spacial score (nSPS) is 10.0. The molecule has 0 fully saturated rings. The van der Waals surface area contributed by atoms with Crippen LogP contribution in [0.1, 0.15) is 6.42 Å². The summed E-state index contributed by atoms with van der Waals surface area (Å²) in [7, 11) is 1.91. The predicted octanol–water partition coefficient (Wildman–Crippen LogP) is 2.46. The fourth-order valence-electron chi connectivity index (χ4n) is 1.32. The first-order valence-electron chi connectivity index (χ1n) is 5.44. The second-order valence-corrected chi connectivity index (χ2v) is 5.03. The molecule has 0 aliphatic carbocycles. The number of nitrogens with zero attached hydrogens (tertiary/aromatic N) is 1. The quantitative estimate of drug-likeness (QED) is 0.635. The largest absolute Gasteiger partial charge is 0.508 e. The molecule has 0 aliphatic heterocycles. The first-order chi connectivity index (χ1) is 8.15. The van der Waals surface area contributed by atoms with Crippen molar-refractivity contribution in [2.75, 3.05) is 30.5 Å². The highest BCUT2D eigenvalue weighted by Crippen LogP contribution is 2.17. The molecule has 0 saturated heterocycles. The number of phenols is 1. The lowest BCUT2D eigenvalue weighted by molar-refractivity contribution is 0.475. The molecule has 0 unspecified atom stereocenters. The van der Waals surface area contributed by atoms with E-state index in [9.17, 15) is 5.11 Å². The first-order valence-corrected chi connectivity index (χ1v) is 7.25. The maximum Gasteiger partial charge on any atom is 0.173 e. The van der Waals surface area contributed by atoms with Gasteiger partial charge in [0.25, 0.3) is 0 Å². The second-order valence-electron chi connectivity index (χ2n) is 3.65. The summed E-state index contributed by atoms with van der Waals surface area (Å²) in [6, 6.07) is 6.99. The highest BCUT2D eigenvalue weighted by Gasteiger charge is 2.05. The van der Waals surface area contributed by atoms with E-state index >= 15 is 0 Å². The third-order valence-corrected chi connectivity index (χ3v) is 3.46. The van der Waals surface area contributed by atoms with Crippen LogP contribution in [0.25, 0.3) is 0 Å². The molecule has 0 saturated carbocycles. The Hall–Kier alpha value is -0.940. The van der Waals surface area contributed by atoms with Crippen molar-refractivity contribution < 1.29 is 5.11 Å². The number of thiocarbonyl (C=S) groups is 1. The molecule has 0 atom stereocenters. The topological polar surface area (TPSA) is 35.5 Å². The number of rotatable bonds is 5. The third kappa shape index (κ3) is 4.83. The van der Waals surface area contributed by atoms with Gasteiger partial charge in [0, 0.05) is 19.3 Å². The number of benzene rings is 1. The van der Waals surface area contributed by atoms with Gasteiger partial charge in [-0.25, -0.2) is 0 Å². The van der Waals surface area contributed by atoms with Gasteiger partial charge >= 0.3 is 0 Å². The van der Waals surface area contributed by atoms with Gasteiger partial charge in [-0.3, -0.25) is 0 Å². The van der Waals surface area contributed by atoms with E-state index in [-0.39, 0.29) is 5.75 Å². The average molecular weight is 270 g/mol. The van der Waals surface area contributed by atoms with Gasteiger partial charge in [-0.15, -0.1) is 0 Å². The lowest BCUT2D eigenvalue weighted by Gasteiger charge is -2.21. The van der Waals surface area contributed by atoms with Crippen LogP contribution in [-0.4, -0.2) is 35.8 Å². The molecule has 94 valence electrons. The Bertz CT molecular complexity index is 354. The summed E-state index contributed by atoms with van der Waals surface area (Å²) in [5.41, 5.74) is 0.963. The van der Waals surface area contributed by atoms with Crippen LogP contribution in [-0.2, 0) is 0 Å². The molecule has 0 aliphatic rings. The highest BCUT2D eigenvalue weighted by molar-refractivity contribution is 7.98. The standard InChI is InChI=1S/C12H18N2OS2/c1-14(10-4-6-11(15)7-5-10)12(16)13-8-3-9-17-2/h4-7,15H,3,8-9H2,1-2H3,(H,13,16). The smallest absolute Gasteiger partial charge is 0.173 e. The molecule has 0 bridgehead atoms. The van der Waals surface area contributed by atoms with E-state index in [1.807, 2.05) is 35.8 Å². The van der Waals surface area contributed by atoms with E-state index in [4.69, 9.17) is 12.2 Å². The first kappa shape index (κ1) is 14.1. The van der Waals surface area contributed by atoms with Crippen molar-refractivity contribution in [2.24, 2.45) is 0 Å². The molecular formula is C12H18N2OS2. The van der Waals surface area contributed by atoms with E-state index < -0.39 is 0 Å². The number of nitrogens with one attached hydrogen (secondary N) is 1. The van der Waals surface area contributed by atoms with Gasteiger partial charge in [0.2, 0.25) is 0 Å². The minimum atomic E-state index is 0.265. The number of hydrogen-bond donors (Lipinski definition) is 2. The van der Waals surface area contributed by atoms with Crippen LogP contribution < -0.4 is 10.2 Å². The van der Waals surface area contributed by atoms with Crippen molar-refractivity contribution in [3.05, 3.63) is 24.3 Å². The van der Waals surface area contributed by atoms with Crippen molar-refractivity contribution in [3.8, 4) is 5.75 Å². The molecule has 3 nitrogen and oxygen atoms in total. The van der Waals surface area contributed by atoms with E-state index in [2.05, 4.69) is 11.6 Å². The Morgan fingerprint density at radius 1 is 1.41 bits per heavy atom. The monoisotopic (exact) mass is 270 g/mol. The van der Waals surface area contributed by atoms with Crippen LogP contribution in [0.15, 0.2) is 24.3 Å². The Kier molecular flexibility index (Phi) is 6.15. The molecule has 17 heavy (non-hydrogen) atoms. The van der Waals surface area contributed by atoms with E-state index in [0.717, 1.165) is 24.4 Å². The average Bonchev–Trinajstić information content (AvgIpc) is 2.34. The zero-order valence-electron chi connectivity index (χ0n) is 10.1. The number of thioether (sulfide) groups is 1. The Morgan fingerprint density at radius 3 is 2.65 bits per heavy atom. The third-order valence-electron chi connectivity index (χ3n) is 2.34. The second kappa shape index (κ2) is 7.40. The van der Waals surface area contributed by atoms with Crippen LogP contribution in [0.2, 0.25) is 0 Å². The van der Waals surface area contributed by atoms with Crippen LogP contribution >= 0.6 is 24.0 Å². The van der Waals surface area contributed by atoms with E-state index in [1.54, 1.807) is 12.1 Å². The summed E-state index contributed by atoms with van der Waals surface area (Å²) >= 11 is 7.12. The maximum absolute atomic E-state index is 9.21. The SMILES string of the molecule is CSCCCNC(=S)N(C)c1ccc(O)cc1. The molecule has 1 aromatic carbocycles. The summed E-state index contributed by atoms with van der Waals surface area (Å²) in [6.07, 6.45) is 3.20. The van der Waals surface area contributed by atoms with Gasteiger partial charge < -0.3 is 15.3 Å². The molecule has 1 aromatic rings. The van der Waals surface area contributed by atoms with Crippen LogP contribution in [0.3, 0.4) is 0 Å². The fraction of sp³-hybridized carbons (Fsp3) is 0.417. The summed E-state index contributed by atoms with van der Waals surface area (Å²) in [6.45, 7) is 0.891. The van der Waals surface area contributed by atoms with Crippen molar-refractivity contribution >= 4 is 34.8 Å². The summed E-state index contributed by atoms with van der Waals surface area (Å²) in [5, 5.41) is 13.1. The summed E-state index contributed by atoms with van der Waals surface area (Å²) < 4.78 is 0. The van der Waals surface area contributed by atoms with Crippen LogP contribution in [0.4, 0.5) is 5.69 Å². The van der Waals surface area contributed by atoms with E-state index in [1.165, 1.54) is 0 Å². The molecule has 0 radical (unpaired) electrons. The van der Waals surface area contributed by atoms with Gasteiger partial charge in [-0.1, -0.05) is 0 Å². The van der Waals surface area contributed by atoms with Crippen molar-refractivity contribution in [1.29, 1.82) is 0 Å². The van der Waals surface area contributed by atoms with Crippen molar-refractivity contribution in [1.82, 2.24) is 5.32 Å². The zero-order valence-corrected chi connectivity index (χ0v) is 11.8. The molecule has 0 aromatic heterocycles. The zero-order chi connectivity index (χ0) is 12.7. The number of hydrogen-bond acceptors (Lipinski definition) is 3. The Labute approximate surface area is 112 Å². The van der Waals surface area contributed by atoms with Crippen molar-refractivity contribution in [2.45, 2.75) is 6.42 Å². The molecular weight excluding hydrogens is 252 g/mol. The van der Waals surface area contributed by atoms with E-state index in [0.29, 0.717) is 5.11 Å². The molecule has 2 N–H and O–H groups in total. The van der Waals surface area contributed by atoms with Crippen LogP contribution in [0, 0.1) is 0 Å². The summed E-state index contributed by atoms with van der Waals surface area (Å²) in [5.74, 6) is 1.40. The maximum atomic E-state index is 9.21. The van der Waals surface area contributed by atoms with Crippen molar-refractivity contribution in [3.63, 3.8) is 0 Å². The molecule has 0 amide bonds. The number of aromatic hydroxyl groups is 1. The number of phenolic OH excluding ortho intramolecular Hbond substituents is 1. The highest BCUT2D eigenvalue weighted by atomic mass is 32.2. The van der Waals surface area contributed by atoms with Gasteiger partial charge in [0.1, 0.15) is 5.75 Å². The van der Waals surface area contributed by atoms with Gasteiger partial charge in [0.05, 0.1) is 0 Å². The molecule has 0 spiro atoms. The van der Waals surface area contributed by atoms with Gasteiger partial charge in [-0.05, 0) is 54.9 Å². The minimum absolute atomic E-state index is 0.265. The Morgan fingerprint density at radius 2 is 2.06 bits per heavy atom. The lowest BCUT2D eigenvalue weighted by atomic mass is 10.3. The lowest BCUT2D eigenvalue weighted by Crippen LogP contribution is -2.37. The van der Waals surface area contributed by atoms with Crippen LogP contribution in [0.5, 0.6) is 5.75 Å². The molecule has 5 heteroatoms. The minimum Gasteiger partial charge on any atom is -0.508 e. The van der Waals surface area contributed by atoms with Gasteiger partial charge in [-0.2, -0.15) is 11.8 Å². The fourth-order valence-corrected chi connectivity index (χ4v) is 1.96.